The van der Waals surface area contributed by atoms with Crippen molar-refractivity contribution in [3.05, 3.63) is 0 Å². The van der Waals surface area contributed by atoms with Crippen LogP contribution < -0.4 is 5.32 Å². The molecule has 0 radical (unpaired) electrons. The highest BCUT2D eigenvalue weighted by Crippen LogP contribution is 2.23. The SMILES string of the molecule is CCCC1OCCC1CNC(C)C. The summed E-state index contributed by atoms with van der Waals surface area (Å²) >= 11 is 0. The van der Waals surface area contributed by atoms with Gasteiger partial charge in [0, 0.05) is 19.2 Å². The molecule has 0 bridgehead atoms. The molecule has 1 N–H and O–H groups in total. The lowest BCUT2D eigenvalue weighted by Gasteiger charge is -2.19. The molecule has 0 aromatic carbocycles. The van der Waals surface area contributed by atoms with E-state index in [1.165, 1.54) is 19.3 Å². The molecule has 13 heavy (non-hydrogen) atoms. The Labute approximate surface area is 82.0 Å². The molecular formula is C11H23NO. The predicted molar refractivity (Wildman–Crippen MR) is 55.9 cm³/mol. The van der Waals surface area contributed by atoms with Crippen molar-refractivity contribution in [1.82, 2.24) is 5.32 Å². The standard InChI is InChI=1S/C11H23NO/c1-4-5-11-10(6-7-13-11)8-12-9(2)3/h9-12H,4-8H2,1-3H3. The van der Waals surface area contributed by atoms with Gasteiger partial charge in [0.1, 0.15) is 0 Å². The van der Waals surface area contributed by atoms with Crippen LogP contribution in [0, 0.1) is 5.92 Å². The Bertz CT molecular complexity index is 136. The van der Waals surface area contributed by atoms with Crippen molar-refractivity contribution in [2.45, 2.75) is 52.2 Å². The molecule has 2 atom stereocenters. The fraction of sp³-hybridized carbons (Fsp3) is 1.00. The highest BCUT2D eigenvalue weighted by atomic mass is 16.5. The summed E-state index contributed by atoms with van der Waals surface area (Å²) in [5.41, 5.74) is 0. The van der Waals surface area contributed by atoms with E-state index in [1.54, 1.807) is 0 Å². The van der Waals surface area contributed by atoms with Crippen LogP contribution in [0.15, 0.2) is 0 Å². The van der Waals surface area contributed by atoms with Gasteiger partial charge < -0.3 is 10.1 Å². The molecule has 0 spiro atoms. The molecule has 1 fully saturated rings. The van der Waals surface area contributed by atoms with E-state index in [-0.39, 0.29) is 0 Å². The van der Waals surface area contributed by atoms with Gasteiger partial charge >= 0.3 is 0 Å². The van der Waals surface area contributed by atoms with Crippen LogP contribution in [0.1, 0.15) is 40.0 Å². The maximum absolute atomic E-state index is 5.70. The van der Waals surface area contributed by atoms with Crippen LogP contribution in [0.3, 0.4) is 0 Å². The van der Waals surface area contributed by atoms with Gasteiger partial charge in [-0.05, 0) is 18.8 Å². The van der Waals surface area contributed by atoms with Crippen molar-refractivity contribution in [3.63, 3.8) is 0 Å². The van der Waals surface area contributed by atoms with Gasteiger partial charge in [-0.15, -0.1) is 0 Å². The van der Waals surface area contributed by atoms with Gasteiger partial charge in [0.05, 0.1) is 6.10 Å². The lowest BCUT2D eigenvalue weighted by molar-refractivity contribution is 0.0822. The van der Waals surface area contributed by atoms with Crippen molar-refractivity contribution >= 4 is 0 Å². The van der Waals surface area contributed by atoms with Crippen LogP contribution >= 0.6 is 0 Å². The molecular weight excluding hydrogens is 162 g/mol. The summed E-state index contributed by atoms with van der Waals surface area (Å²) in [5, 5.41) is 3.50. The summed E-state index contributed by atoms with van der Waals surface area (Å²) in [6.45, 7) is 8.72. The van der Waals surface area contributed by atoms with Crippen molar-refractivity contribution < 1.29 is 4.74 Å². The summed E-state index contributed by atoms with van der Waals surface area (Å²) in [5.74, 6) is 0.752. The molecule has 1 rings (SSSR count). The molecule has 2 nitrogen and oxygen atoms in total. The van der Waals surface area contributed by atoms with Crippen molar-refractivity contribution in [1.29, 1.82) is 0 Å². The molecule has 0 aromatic heterocycles. The Hall–Kier alpha value is -0.0800. The number of rotatable bonds is 5. The Morgan fingerprint density at radius 1 is 1.46 bits per heavy atom. The third-order valence-electron chi connectivity index (χ3n) is 2.71. The van der Waals surface area contributed by atoms with Crippen LogP contribution in [0.25, 0.3) is 0 Å². The van der Waals surface area contributed by atoms with Gasteiger partial charge in [-0.2, -0.15) is 0 Å². The zero-order valence-electron chi connectivity index (χ0n) is 9.18. The molecule has 0 aliphatic carbocycles. The van der Waals surface area contributed by atoms with Gasteiger partial charge in [-0.3, -0.25) is 0 Å². The lowest BCUT2D eigenvalue weighted by atomic mass is 9.98. The van der Waals surface area contributed by atoms with Crippen LogP contribution in [-0.4, -0.2) is 25.3 Å². The lowest BCUT2D eigenvalue weighted by Crippen LogP contribution is -2.32. The summed E-state index contributed by atoms with van der Waals surface area (Å²) in [6.07, 6.45) is 4.23. The first-order valence-electron chi connectivity index (χ1n) is 5.59. The van der Waals surface area contributed by atoms with Crippen LogP contribution in [-0.2, 0) is 4.74 Å². The summed E-state index contributed by atoms with van der Waals surface area (Å²) in [7, 11) is 0. The van der Waals surface area contributed by atoms with Crippen LogP contribution in [0.4, 0.5) is 0 Å². The molecule has 78 valence electrons. The molecule has 1 aliphatic heterocycles. The Balaban J connectivity index is 2.22. The van der Waals surface area contributed by atoms with E-state index in [1.807, 2.05) is 0 Å². The normalized spacial score (nSPS) is 28.6. The average Bonchev–Trinajstić information content (AvgIpc) is 2.49. The largest absolute Gasteiger partial charge is 0.378 e. The molecule has 1 heterocycles. The topological polar surface area (TPSA) is 21.3 Å². The first-order chi connectivity index (χ1) is 6.24. The number of hydrogen-bond donors (Lipinski definition) is 1. The maximum Gasteiger partial charge on any atom is 0.0616 e. The minimum absolute atomic E-state index is 0.524. The Morgan fingerprint density at radius 3 is 2.85 bits per heavy atom. The number of nitrogens with one attached hydrogen (secondary N) is 1. The van der Waals surface area contributed by atoms with E-state index >= 15 is 0 Å². The Morgan fingerprint density at radius 2 is 2.23 bits per heavy atom. The predicted octanol–water partition coefficient (Wildman–Crippen LogP) is 2.19. The summed E-state index contributed by atoms with van der Waals surface area (Å²) in [6, 6.07) is 0.600. The second-order valence-corrected chi connectivity index (χ2v) is 4.31. The van der Waals surface area contributed by atoms with E-state index in [2.05, 4.69) is 26.1 Å². The van der Waals surface area contributed by atoms with E-state index in [4.69, 9.17) is 4.74 Å². The fourth-order valence-corrected chi connectivity index (χ4v) is 1.92. The average molecular weight is 185 g/mol. The molecule has 1 saturated heterocycles. The first-order valence-corrected chi connectivity index (χ1v) is 5.59. The van der Waals surface area contributed by atoms with E-state index in [0.717, 1.165) is 19.1 Å². The van der Waals surface area contributed by atoms with Crippen molar-refractivity contribution in [2.24, 2.45) is 5.92 Å². The van der Waals surface area contributed by atoms with E-state index in [0.29, 0.717) is 12.1 Å². The van der Waals surface area contributed by atoms with E-state index < -0.39 is 0 Å². The van der Waals surface area contributed by atoms with Crippen molar-refractivity contribution in [2.75, 3.05) is 13.2 Å². The van der Waals surface area contributed by atoms with Gasteiger partial charge in [0.2, 0.25) is 0 Å². The fourth-order valence-electron chi connectivity index (χ4n) is 1.92. The molecule has 0 amide bonds. The third-order valence-corrected chi connectivity index (χ3v) is 2.71. The molecule has 2 unspecified atom stereocenters. The molecule has 1 aliphatic rings. The van der Waals surface area contributed by atoms with E-state index in [9.17, 15) is 0 Å². The summed E-state index contributed by atoms with van der Waals surface area (Å²) < 4.78 is 5.70. The smallest absolute Gasteiger partial charge is 0.0616 e. The van der Waals surface area contributed by atoms with Gasteiger partial charge in [-0.25, -0.2) is 0 Å². The van der Waals surface area contributed by atoms with Gasteiger partial charge in [0.15, 0.2) is 0 Å². The highest BCUT2D eigenvalue weighted by molar-refractivity contribution is 4.78. The van der Waals surface area contributed by atoms with Crippen LogP contribution in [0.5, 0.6) is 0 Å². The monoisotopic (exact) mass is 185 g/mol. The molecule has 0 saturated carbocycles. The zero-order chi connectivity index (χ0) is 9.68. The second-order valence-electron chi connectivity index (χ2n) is 4.31. The maximum atomic E-state index is 5.70. The quantitative estimate of drug-likeness (QED) is 0.709. The minimum Gasteiger partial charge on any atom is -0.378 e. The van der Waals surface area contributed by atoms with Crippen LogP contribution in [0.2, 0.25) is 0 Å². The number of ether oxygens (including phenoxy) is 1. The van der Waals surface area contributed by atoms with Gasteiger partial charge in [-0.1, -0.05) is 27.2 Å². The minimum atomic E-state index is 0.524. The van der Waals surface area contributed by atoms with Gasteiger partial charge in [0.25, 0.3) is 0 Å². The molecule has 2 heteroatoms. The van der Waals surface area contributed by atoms with Crippen molar-refractivity contribution in [3.8, 4) is 0 Å². The second kappa shape index (κ2) is 5.61. The first kappa shape index (κ1) is 11.0. The third kappa shape index (κ3) is 3.65. The summed E-state index contributed by atoms with van der Waals surface area (Å²) in [4.78, 5) is 0. The highest BCUT2D eigenvalue weighted by Gasteiger charge is 2.26. The number of hydrogen-bond acceptors (Lipinski definition) is 2. The zero-order valence-corrected chi connectivity index (χ0v) is 9.18. The Kier molecular flexibility index (Phi) is 4.74. The molecule has 0 aromatic rings.